The summed E-state index contributed by atoms with van der Waals surface area (Å²) in [7, 11) is 0. The van der Waals surface area contributed by atoms with E-state index in [-0.39, 0.29) is 17.8 Å². The summed E-state index contributed by atoms with van der Waals surface area (Å²) >= 11 is 0. The van der Waals surface area contributed by atoms with E-state index >= 15 is 0 Å². The van der Waals surface area contributed by atoms with Gasteiger partial charge in [0.25, 0.3) is 5.91 Å². The average molecular weight is 432 g/mol. The molecule has 0 aliphatic heterocycles. The number of aromatic carboxylic acids is 1. The van der Waals surface area contributed by atoms with Crippen LogP contribution >= 0.6 is 0 Å². The number of carbonyl (C=O) groups is 2. The Morgan fingerprint density at radius 3 is 2.38 bits per heavy atom. The van der Waals surface area contributed by atoms with E-state index in [0.29, 0.717) is 29.6 Å². The van der Waals surface area contributed by atoms with E-state index in [1.807, 2.05) is 30.3 Å². The van der Waals surface area contributed by atoms with Crippen LogP contribution in [0.15, 0.2) is 70.5 Å². The number of fused-ring (bicyclic) bond motifs is 1. The number of carboxylic acid groups (broad SMARTS) is 1. The van der Waals surface area contributed by atoms with Gasteiger partial charge in [-0.25, -0.2) is 9.59 Å². The van der Waals surface area contributed by atoms with Crippen LogP contribution in [0.5, 0.6) is 0 Å². The van der Waals surface area contributed by atoms with Crippen LogP contribution in [0, 0.1) is 0 Å². The number of aryl methyl sites for hydroxylation is 2. The standard InChI is InChI=1S/C23H20N4O5/c28-20-16(21(29)24-11-15-6-7-18-19(10-15)26-23(32)25-18)12-27(13-17(20)22(30)31)9-8-14-4-2-1-3-5-14/h1-7,10,12-13H,8-9,11H2,(H,24,29)(H,30,31)(H2,25,26,32). The van der Waals surface area contributed by atoms with E-state index in [4.69, 9.17) is 0 Å². The van der Waals surface area contributed by atoms with Gasteiger partial charge in [0.2, 0.25) is 5.43 Å². The smallest absolute Gasteiger partial charge is 0.341 e. The number of pyridine rings is 1. The Balaban J connectivity index is 1.55. The van der Waals surface area contributed by atoms with Crippen molar-refractivity contribution in [2.75, 3.05) is 0 Å². The van der Waals surface area contributed by atoms with E-state index in [9.17, 15) is 24.3 Å². The highest BCUT2D eigenvalue weighted by atomic mass is 16.4. The molecule has 4 rings (SSSR count). The van der Waals surface area contributed by atoms with Crippen LogP contribution in [-0.2, 0) is 19.5 Å². The molecule has 0 saturated heterocycles. The molecule has 0 atom stereocenters. The van der Waals surface area contributed by atoms with Crippen LogP contribution in [0.1, 0.15) is 31.8 Å². The molecular weight excluding hydrogens is 412 g/mol. The number of carboxylic acids is 1. The van der Waals surface area contributed by atoms with E-state index in [2.05, 4.69) is 15.3 Å². The summed E-state index contributed by atoms with van der Waals surface area (Å²) in [4.78, 5) is 53.5. The SMILES string of the molecule is O=C(O)c1cn(CCc2ccccc2)cc(C(=O)NCc2ccc3[nH]c(=O)[nH]c3c2)c1=O. The number of carbonyl (C=O) groups excluding carboxylic acids is 1. The van der Waals surface area contributed by atoms with Crippen molar-refractivity contribution < 1.29 is 14.7 Å². The van der Waals surface area contributed by atoms with Gasteiger partial charge in [-0.3, -0.25) is 9.59 Å². The van der Waals surface area contributed by atoms with Crippen LogP contribution in [0.3, 0.4) is 0 Å². The van der Waals surface area contributed by atoms with E-state index in [1.165, 1.54) is 12.4 Å². The number of hydrogen-bond donors (Lipinski definition) is 4. The fraction of sp³-hybridized carbons (Fsp3) is 0.130. The monoisotopic (exact) mass is 432 g/mol. The van der Waals surface area contributed by atoms with Gasteiger partial charge in [-0.2, -0.15) is 0 Å². The largest absolute Gasteiger partial charge is 0.477 e. The summed E-state index contributed by atoms with van der Waals surface area (Å²) in [6.07, 6.45) is 3.24. The lowest BCUT2D eigenvalue weighted by molar-refractivity contribution is 0.0694. The highest BCUT2D eigenvalue weighted by Crippen LogP contribution is 2.10. The van der Waals surface area contributed by atoms with Crippen molar-refractivity contribution in [3.8, 4) is 0 Å². The lowest BCUT2D eigenvalue weighted by atomic mass is 10.1. The normalized spacial score (nSPS) is 10.9. The predicted octanol–water partition coefficient (Wildman–Crippen LogP) is 1.89. The molecule has 4 N–H and O–H groups in total. The molecule has 0 radical (unpaired) electrons. The summed E-state index contributed by atoms with van der Waals surface area (Å²) in [6.45, 7) is 0.505. The third-order valence-corrected chi connectivity index (χ3v) is 5.09. The highest BCUT2D eigenvalue weighted by Gasteiger charge is 2.19. The van der Waals surface area contributed by atoms with E-state index < -0.39 is 22.9 Å². The van der Waals surface area contributed by atoms with Crippen molar-refractivity contribution in [2.45, 2.75) is 19.5 Å². The zero-order valence-corrected chi connectivity index (χ0v) is 16.9. The second kappa shape index (κ2) is 8.76. The van der Waals surface area contributed by atoms with Gasteiger partial charge in [0, 0.05) is 25.5 Å². The number of amides is 1. The van der Waals surface area contributed by atoms with Crippen LogP contribution in [-0.4, -0.2) is 31.5 Å². The molecule has 0 aliphatic carbocycles. The second-order valence-corrected chi connectivity index (χ2v) is 7.33. The third kappa shape index (κ3) is 4.51. The molecule has 1 amide bonds. The molecule has 0 spiro atoms. The number of aromatic amines is 2. The van der Waals surface area contributed by atoms with Crippen LogP contribution < -0.4 is 16.4 Å². The topological polar surface area (TPSA) is 137 Å². The quantitative estimate of drug-likeness (QED) is 0.353. The summed E-state index contributed by atoms with van der Waals surface area (Å²) in [5, 5.41) is 12.1. The maximum Gasteiger partial charge on any atom is 0.341 e. The van der Waals surface area contributed by atoms with E-state index in [1.54, 1.807) is 22.8 Å². The number of H-pyrrole nitrogens is 2. The van der Waals surface area contributed by atoms with Crippen LogP contribution in [0.4, 0.5) is 0 Å². The number of hydrogen-bond acceptors (Lipinski definition) is 4. The second-order valence-electron chi connectivity index (χ2n) is 7.33. The van der Waals surface area contributed by atoms with Crippen LogP contribution in [0.2, 0.25) is 0 Å². The molecular formula is C23H20N4O5. The Kier molecular flexibility index (Phi) is 5.71. The summed E-state index contributed by atoms with van der Waals surface area (Å²) in [5.41, 5.74) is 1.12. The third-order valence-electron chi connectivity index (χ3n) is 5.09. The summed E-state index contributed by atoms with van der Waals surface area (Å²) < 4.78 is 1.55. The fourth-order valence-electron chi connectivity index (χ4n) is 3.44. The zero-order chi connectivity index (χ0) is 22.7. The fourth-order valence-corrected chi connectivity index (χ4v) is 3.44. The van der Waals surface area contributed by atoms with Crippen molar-refractivity contribution >= 4 is 22.9 Å². The molecule has 2 heterocycles. The van der Waals surface area contributed by atoms with Gasteiger partial charge in [-0.1, -0.05) is 36.4 Å². The molecule has 0 fully saturated rings. The molecule has 0 unspecified atom stereocenters. The molecule has 4 aromatic rings. The number of nitrogens with zero attached hydrogens (tertiary/aromatic N) is 1. The minimum absolute atomic E-state index is 0.0999. The van der Waals surface area contributed by atoms with Crippen molar-refractivity contribution in [1.29, 1.82) is 0 Å². The first-order valence-electron chi connectivity index (χ1n) is 9.91. The van der Waals surface area contributed by atoms with Crippen molar-refractivity contribution in [1.82, 2.24) is 19.9 Å². The first-order valence-corrected chi connectivity index (χ1v) is 9.91. The van der Waals surface area contributed by atoms with Gasteiger partial charge in [0.1, 0.15) is 11.1 Å². The summed E-state index contributed by atoms with van der Waals surface area (Å²) in [5.74, 6) is -2.06. The Morgan fingerprint density at radius 2 is 1.62 bits per heavy atom. The number of nitrogens with one attached hydrogen (secondary N) is 3. The van der Waals surface area contributed by atoms with Crippen molar-refractivity contribution in [3.05, 3.63) is 104 Å². The molecule has 9 nitrogen and oxygen atoms in total. The zero-order valence-electron chi connectivity index (χ0n) is 16.9. The number of rotatable bonds is 7. The minimum atomic E-state index is -1.39. The Hall–Kier alpha value is -4.40. The minimum Gasteiger partial charge on any atom is -0.477 e. The number of aromatic nitrogens is 3. The highest BCUT2D eigenvalue weighted by molar-refractivity contribution is 5.96. The average Bonchev–Trinajstić information content (AvgIpc) is 3.16. The van der Waals surface area contributed by atoms with Crippen LogP contribution in [0.25, 0.3) is 11.0 Å². The number of benzene rings is 2. The maximum atomic E-state index is 12.7. The summed E-state index contributed by atoms with van der Waals surface area (Å²) in [6, 6.07) is 14.8. The molecule has 0 aliphatic rings. The Bertz CT molecular complexity index is 1420. The number of imidazole rings is 1. The molecule has 9 heteroatoms. The maximum absolute atomic E-state index is 12.7. The predicted molar refractivity (Wildman–Crippen MR) is 118 cm³/mol. The van der Waals surface area contributed by atoms with Crippen molar-refractivity contribution in [3.63, 3.8) is 0 Å². The molecule has 162 valence electrons. The van der Waals surface area contributed by atoms with Crippen molar-refractivity contribution in [2.24, 2.45) is 0 Å². The van der Waals surface area contributed by atoms with E-state index in [0.717, 1.165) is 5.56 Å². The van der Waals surface area contributed by atoms with Gasteiger partial charge in [-0.15, -0.1) is 0 Å². The van der Waals surface area contributed by atoms with Gasteiger partial charge in [0.05, 0.1) is 11.0 Å². The Morgan fingerprint density at radius 1 is 0.906 bits per heavy atom. The van der Waals surface area contributed by atoms with Gasteiger partial charge in [0.15, 0.2) is 0 Å². The lowest BCUT2D eigenvalue weighted by Gasteiger charge is -2.11. The first kappa shape index (κ1) is 20.9. The molecule has 2 aromatic carbocycles. The molecule has 0 bridgehead atoms. The van der Waals surface area contributed by atoms with Gasteiger partial charge < -0.3 is 25.0 Å². The molecule has 32 heavy (non-hydrogen) atoms. The lowest BCUT2D eigenvalue weighted by Crippen LogP contribution is -2.32. The Labute approximate surface area is 181 Å². The van der Waals surface area contributed by atoms with Gasteiger partial charge in [-0.05, 0) is 29.7 Å². The molecule has 2 aromatic heterocycles. The first-order chi connectivity index (χ1) is 15.4. The molecule has 0 saturated carbocycles. The van der Waals surface area contributed by atoms with Gasteiger partial charge >= 0.3 is 11.7 Å².